The Morgan fingerprint density at radius 3 is 2.85 bits per heavy atom. The van der Waals surface area contributed by atoms with Gasteiger partial charge >= 0.3 is 5.97 Å². The van der Waals surface area contributed by atoms with E-state index in [1.807, 2.05) is 6.92 Å². The summed E-state index contributed by atoms with van der Waals surface area (Å²) in [5, 5.41) is 12.1. The van der Waals surface area contributed by atoms with Crippen molar-refractivity contribution in [1.29, 1.82) is 0 Å². The van der Waals surface area contributed by atoms with E-state index in [1.54, 1.807) is 12.1 Å². The Bertz CT molecular complexity index is 649. The maximum atomic E-state index is 13.2. The number of halogens is 2. The zero-order valence-electron chi connectivity index (χ0n) is 10.6. The van der Waals surface area contributed by atoms with Gasteiger partial charge in [-0.1, -0.05) is 23.7 Å². The second kappa shape index (κ2) is 5.88. The van der Waals surface area contributed by atoms with Gasteiger partial charge in [0.1, 0.15) is 11.6 Å². The first-order valence-electron chi connectivity index (χ1n) is 5.88. The van der Waals surface area contributed by atoms with E-state index in [4.69, 9.17) is 16.7 Å². The van der Waals surface area contributed by atoms with Crippen molar-refractivity contribution >= 4 is 23.4 Å². The Morgan fingerprint density at radius 1 is 1.45 bits per heavy atom. The smallest absolute Gasteiger partial charge is 0.337 e. The molecule has 0 saturated heterocycles. The quantitative estimate of drug-likeness (QED) is 0.901. The normalized spacial score (nSPS) is 11.9. The molecule has 0 bridgehead atoms. The number of aromatic carboxylic acids is 1. The van der Waals surface area contributed by atoms with Gasteiger partial charge in [-0.3, -0.25) is 0 Å². The molecule has 20 heavy (non-hydrogen) atoms. The highest BCUT2D eigenvalue weighted by Gasteiger charge is 2.12. The zero-order chi connectivity index (χ0) is 14.7. The molecule has 0 amide bonds. The summed E-state index contributed by atoms with van der Waals surface area (Å²) in [5.41, 5.74) is 0.703. The number of carbonyl (C=O) groups is 1. The Labute approximate surface area is 120 Å². The van der Waals surface area contributed by atoms with E-state index in [0.717, 1.165) is 5.56 Å². The summed E-state index contributed by atoms with van der Waals surface area (Å²) in [4.78, 5) is 15.0. The van der Waals surface area contributed by atoms with E-state index in [9.17, 15) is 9.18 Å². The van der Waals surface area contributed by atoms with Gasteiger partial charge in [0.25, 0.3) is 0 Å². The Morgan fingerprint density at radius 2 is 2.20 bits per heavy atom. The predicted octanol–water partition coefficient (Wildman–Crippen LogP) is 3.75. The maximum Gasteiger partial charge on any atom is 0.337 e. The molecular weight excluding hydrogens is 283 g/mol. The molecule has 1 atom stereocenters. The van der Waals surface area contributed by atoms with Crippen molar-refractivity contribution in [2.24, 2.45) is 0 Å². The lowest BCUT2D eigenvalue weighted by molar-refractivity contribution is 0.0697. The molecule has 0 spiro atoms. The van der Waals surface area contributed by atoms with Gasteiger partial charge in [0, 0.05) is 6.20 Å². The predicted molar refractivity (Wildman–Crippen MR) is 74.6 cm³/mol. The fraction of sp³-hybridized carbons (Fsp3) is 0.143. The van der Waals surface area contributed by atoms with Crippen LogP contribution >= 0.6 is 11.6 Å². The van der Waals surface area contributed by atoms with Crippen LogP contribution in [0.1, 0.15) is 28.9 Å². The van der Waals surface area contributed by atoms with E-state index in [1.165, 1.54) is 24.4 Å². The van der Waals surface area contributed by atoms with Crippen LogP contribution in [0.2, 0.25) is 5.02 Å². The summed E-state index contributed by atoms with van der Waals surface area (Å²) in [7, 11) is 0. The highest BCUT2D eigenvalue weighted by atomic mass is 35.5. The minimum atomic E-state index is -1.13. The molecule has 0 saturated carbocycles. The molecule has 2 aromatic rings. The van der Waals surface area contributed by atoms with Gasteiger partial charge < -0.3 is 10.4 Å². The third kappa shape index (κ3) is 3.24. The number of benzene rings is 1. The molecule has 2 N–H and O–H groups in total. The third-order valence-electron chi connectivity index (χ3n) is 2.80. The number of carboxylic acids is 1. The fourth-order valence-electron chi connectivity index (χ4n) is 1.76. The van der Waals surface area contributed by atoms with Crippen molar-refractivity contribution < 1.29 is 14.3 Å². The van der Waals surface area contributed by atoms with Crippen molar-refractivity contribution in [1.82, 2.24) is 4.98 Å². The van der Waals surface area contributed by atoms with Crippen LogP contribution in [0.25, 0.3) is 0 Å². The molecule has 1 aromatic carbocycles. The van der Waals surface area contributed by atoms with Crippen LogP contribution in [0.15, 0.2) is 36.5 Å². The highest BCUT2D eigenvalue weighted by Crippen LogP contribution is 2.22. The first kappa shape index (κ1) is 14.3. The molecule has 1 heterocycles. The number of nitrogens with one attached hydrogen (secondary N) is 1. The lowest BCUT2D eigenvalue weighted by Crippen LogP contribution is -2.09. The average Bonchev–Trinajstić information content (AvgIpc) is 2.40. The number of hydrogen-bond donors (Lipinski definition) is 2. The molecule has 0 aliphatic heterocycles. The molecule has 0 aliphatic carbocycles. The highest BCUT2D eigenvalue weighted by molar-refractivity contribution is 6.33. The van der Waals surface area contributed by atoms with E-state index < -0.39 is 5.97 Å². The first-order chi connectivity index (χ1) is 9.47. The van der Waals surface area contributed by atoms with Crippen LogP contribution in [0.4, 0.5) is 10.2 Å². The van der Waals surface area contributed by atoms with Crippen LogP contribution in [0, 0.1) is 5.82 Å². The van der Waals surface area contributed by atoms with E-state index in [2.05, 4.69) is 10.3 Å². The SMILES string of the molecule is CC(Nc1cc(C(=O)O)c(Cl)cn1)c1cccc(F)c1. The van der Waals surface area contributed by atoms with Crippen molar-refractivity contribution in [3.8, 4) is 0 Å². The summed E-state index contributed by atoms with van der Waals surface area (Å²) in [5.74, 6) is -1.09. The molecule has 1 unspecified atom stereocenters. The average molecular weight is 295 g/mol. The number of carboxylic acid groups (broad SMARTS) is 1. The summed E-state index contributed by atoms with van der Waals surface area (Å²) >= 11 is 5.74. The minimum absolute atomic E-state index is 0.0318. The molecule has 0 radical (unpaired) electrons. The largest absolute Gasteiger partial charge is 0.478 e. The van der Waals surface area contributed by atoms with Crippen LogP contribution < -0.4 is 5.32 Å². The number of rotatable bonds is 4. The molecule has 0 fully saturated rings. The number of aromatic nitrogens is 1. The van der Waals surface area contributed by atoms with Crippen molar-refractivity contribution in [3.05, 3.63) is 58.5 Å². The van der Waals surface area contributed by atoms with E-state index in [0.29, 0.717) is 5.82 Å². The standard InChI is InChI=1S/C14H12ClFN2O2/c1-8(9-3-2-4-10(16)5-9)18-13-6-11(14(19)20)12(15)7-17-13/h2-8H,1H3,(H,17,18)(H,19,20). The lowest BCUT2D eigenvalue weighted by atomic mass is 10.1. The third-order valence-corrected chi connectivity index (χ3v) is 3.10. The van der Waals surface area contributed by atoms with E-state index >= 15 is 0 Å². The van der Waals surface area contributed by atoms with Crippen molar-refractivity contribution in [2.45, 2.75) is 13.0 Å². The molecule has 6 heteroatoms. The van der Waals surface area contributed by atoms with Gasteiger partial charge in [0.2, 0.25) is 0 Å². The molecule has 2 rings (SSSR count). The second-order valence-corrected chi connectivity index (χ2v) is 4.68. The number of hydrogen-bond acceptors (Lipinski definition) is 3. The molecule has 4 nitrogen and oxygen atoms in total. The minimum Gasteiger partial charge on any atom is -0.478 e. The van der Waals surface area contributed by atoms with Gasteiger partial charge in [-0.15, -0.1) is 0 Å². The molecule has 0 aliphatic rings. The summed E-state index contributed by atoms with van der Waals surface area (Å²) in [6, 6.07) is 7.28. The number of pyridine rings is 1. The van der Waals surface area contributed by atoms with Crippen molar-refractivity contribution in [2.75, 3.05) is 5.32 Å². The lowest BCUT2D eigenvalue weighted by Gasteiger charge is -2.15. The van der Waals surface area contributed by atoms with Gasteiger partial charge in [-0.05, 0) is 30.7 Å². The summed E-state index contributed by atoms with van der Waals surface area (Å²) in [6.07, 6.45) is 1.27. The Balaban J connectivity index is 2.22. The first-order valence-corrected chi connectivity index (χ1v) is 6.26. The van der Waals surface area contributed by atoms with Gasteiger partial charge in [0.15, 0.2) is 0 Å². The fourth-order valence-corrected chi connectivity index (χ4v) is 1.95. The van der Waals surface area contributed by atoms with Crippen LogP contribution in [-0.2, 0) is 0 Å². The Hall–Kier alpha value is -2.14. The van der Waals surface area contributed by atoms with Gasteiger partial charge in [-0.25, -0.2) is 14.2 Å². The topological polar surface area (TPSA) is 62.2 Å². The molecular formula is C14H12ClFN2O2. The monoisotopic (exact) mass is 294 g/mol. The van der Waals surface area contributed by atoms with Crippen LogP contribution in [0.3, 0.4) is 0 Å². The zero-order valence-corrected chi connectivity index (χ0v) is 11.4. The maximum absolute atomic E-state index is 13.2. The second-order valence-electron chi connectivity index (χ2n) is 4.28. The van der Waals surface area contributed by atoms with Crippen molar-refractivity contribution in [3.63, 3.8) is 0 Å². The summed E-state index contributed by atoms with van der Waals surface area (Å²) in [6.45, 7) is 1.82. The van der Waals surface area contributed by atoms with Crippen LogP contribution in [0.5, 0.6) is 0 Å². The number of anilines is 1. The van der Waals surface area contributed by atoms with Gasteiger partial charge in [-0.2, -0.15) is 0 Å². The summed E-state index contributed by atoms with van der Waals surface area (Å²) < 4.78 is 13.2. The number of nitrogens with zero attached hydrogens (tertiary/aromatic N) is 1. The molecule has 104 valence electrons. The van der Waals surface area contributed by atoms with Gasteiger partial charge in [0.05, 0.1) is 16.6 Å². The van der Waals surface area contributed by atoms with Crippen LogP contribution in [-0.4, -0.2) is 16.1 Å². The Kier molecular flexibility index (Phi) is 4.20. The van der Waals surface area contributed by atoms with E-state index in [-0.39, 0.29) is 22.4 Å². The molecule has 1 aromatic heterocycles.